The van der Waals surface area contributed by atoms with E-state index in [4.69, 9.17) is 0 Å². The van der Waals surface area contributed by atoms with Crippen molar-refractivity contribution in [3.63, 3.8) is 0 Å². The zero-order valence-electron chi connectivity index (χ0n) is 27.6. The number of fused-ring (bicyclic) bond motifs is 3. The maximum atomic E-state index is 3.28. The molecule has 0 bridgehead atoms. The summed E-state index contributed by atoms with van der Waals surface area (Å²) in [6.07, 6.45) is 12.5. The van der Waals surface area contributed by atoms with E-state index >= 15 is 0 Å². The van der Waals surface area contributed by atoms with E-state index in [-0.39, 0.29) is 0 Å². The number of para-hydroxylation sites is 2. The van der Waals surface area contributed by atoms with Crippen molar-refractivity contribution in [1.29, 1.82) is 0 Å². The fraction of sp³-hybridized carbons (Fsp3) is 0.0417. The largest absolute Gasteiger partial charge is 0.314 e. The smallest absolute Gasteiger partial charge is 0.0541 e. The average molecular weight is 639 g/mol. The van der Waals surface area contributed by atoms with Crippen molar-refractivity contribution in [2.45, 2.75) is 12.8 Å². The van der Waals surface area contributed by atoms with Crippen LogP contribution in [0.15, 0.2) is 210 Å². The van der Waals surface area contributed by atoms with Crippen LogP contribution in [-0.4, -0.2) is 4.57 Å². The van der Waals surface area contributed by atoms with E-state index in [1.165, 1.54) is 61.0 Å². The lowest BCUT2D eigenvalue weighted by molar-refractivity contribution is 0.885. The highest BCUT2D eigenvalue weighted by molar-refractivity contribution is 6.10. The van der Waals surface area contributed by atoms with Gasteiger partial charge in [0.25, 0.3) is 0 Å². The molecule has 7 aromatic rings. The summed E-state index contributed by atoms with van der Waals surface area (Å²) in [7, 11) is 0. The number of nitrogens with zero attached hydrogens (tertiary/aromatic N) is 2. The van der Waals surface area contributed by atoms with Crippen LogP contribution in [0.1, 0.15) is 12.8 Å². The lowest BCUT2D eigenvalue weighted by Crippen LogP contribution is -2.18. The normalized spacial score (nSPS) is 13.7. The van der Waals surface area contributed by atoms with Gasteiger partial charge < -0.3 is 9.47 Å². The van der Waals surface area contributed by atoms with Gasteiger partial charge in [-0.15, -0.1) is 0 Å². The van der Waals surface area contributed by atoms with Crippen LogP contribution in [0.4, 0.5) is 11.4 Å². The molecule has 9 rings (SSSR count). The highest BCUT2D eigenvalue weighted by Crippen LogP contribution is 2.39. The van der Waals surface area contributed by atoms with Crippen LogP contribution in [0.5, 0.6) is 0 Å². The monoisotopic (exact) mass is 638 g/mol. The standard InChI is InChI=1S/C48H34N2/c1-4-12-35(13-5-1)37-20-27-42(28-21-37)49(43-29-22-38(23-30-43)36-14-6-2-7-15-36)44-31-24-39(25-32-44)40-26-33-48-46(34-40)45-18-10-11-19-47(45)50(48)41-16-8-3-9-17-41/h1-6,8-14,16-22,24-29,31-34H,23,30H2. The topological polar surface area (TPSA) is 8.17 Å². The van der Waals surface area contributed by atoms with E-state index in [0.717, 1.165) is 29.8 Å². The zero-order valence-corrected chi connectivity index (χ0v) is 27.6. The molecule has 1 heterocycles. The summed E-state index contributed by atoms with van der Waals surface area (Å²) < 4.78 is 2.37. The first-order valence-electron chi connectivity index (χ1n) is 17.2. The second-order valence-electron chi connectivity index (χ2n) is 12.8. The van der Waals surface area contributed by atoms with Gasteiger partial charge in [0.1, 0.15) is 0 Å². The molecule has 0 unspecified atom stereocenters. The molecule has 0 radical (unpaired) electrons. The Labute approximate surface area is 292 Å². The van der Waals surface area contributed by atoms with Crippen molar-refractivity contribution < 1.29 is 0 Å². The van der Waals surface area contributed by atoms with Crippen molar-refractivity contribution in [1.82, 2.24) is 4.57 Å². The minimum absolute atomic E-state index is 0.929. The maximum Gasteiger partial charge on any atom is 0.0541 e. The highest BCUT2D eigenvalue weighted by Gasteiger charge is 2.19. The van der Waals surface area contributed by atoms with Crippen molar-refractivity contribution >= 4 is 33.2 Å². The first kappa shape index (κ1) is 29.6. The van der Waals surface area contributed by atoms with Crippen molar-refractivity contribution in [2.75, 3.05) is 4.90 Å². The Morgan fingerprint density at radius 3 is 1.82 bits per heavy atom. The molecule has 2 aliphatic carbocycles. The van der Waals surface area contributed by atoms with Crippen LogP contribution in [0.2, 0.25) is 0 Å². The van der Waals surface area contributed by atoms with Gasteiger partial charge in [0.2, 0.25) is 0 Å². The van der Waals surface area contributed by atoms with Gasteiger partial charge in [0.15, 0.2) is 0 Å². The molecule has 2 nitrogen and oxygen atoms in total. The molecule has 2 aliphatic rings. The Morgan fingerprint density at radius 1 is 0.520 bits per heavy atom. The third-order valence-electron chi connectivity index (χ3n) is 9.79. The second kappa shape index (κ2) is 12.8. The second-order valence-corrected chi connectivity index (χ2v) is 12.8. The van der Waals surface area contributed by atoms with Crippen LogP contribution in [-0.2, 0) is 0 Å². The van der Waals surface area contributed by atoms with E-state index in [2.05, 4.69) is 191 Å². The molecule has 0 saturated carbocycles. The molecule has 0 fully saturated rings. The summed E-state index contributed by atoms with van der Waals surface area (Å²) >= 11 is 0. The third kappa shape index (κ3) is 5.46. The minimum atomic E-state index is 0.929. The lowest BCUT2D eigenvalue weighted by atomic mass is 9.94. The maximum absolute atomic E-state index is 3.28. The van der Waals surface area contributed by atoms with E-state index in [1.807, 2.05) is 12.2 Å². The van der Waals surface area contributed by atoms with Gasteiger partial charge in [0, 0.05) is 39.1 Å². The molecular weight excluding hydrogens is 605 g/mol. The Balaban J connectivity index is 1.10. The first-order chi connectivity index (χ1) is 24.8. The van der Waals surface area contributed by atoms with Gasteiger partial charge in [-0.05, 0) is 113 Å². The van der Waals surface area contributed by atoms with Gasteiger partial charge >= 0.3 is 0 Å². The highest BCUT2D eigenvalue weighted by atomic mass is 15.1. The zero-order chi connectivity index (χ0) is 33.3. The average Bonchev–Trinajstić information content (AvgIpc) is 3.53. The predicted octanol–water partition coefficient (Wildman–Crippen LogP) is 12.7. The summed E-state index contributed by atoms with van der Waals surface area (Å²) in [5, 5.41) is 2.52. The number of hydrogen-bond acceptors (Lipinski definition) is 1. The Hall–Kier alpha value is -6.56. The Bertz CT molecular complexity index is 2570. The van der Waals surface area contributed by atoms with Crippen molar-refractivity contribution in [2.24, 2.45) is 0 Å². The van der Waals surface area contributed by atoms with Gasteiger partial charge in [-0.25, -0.2) is 0 Å². The number of anilines is 2. The third-order valence-corrected chi connectivity index (χ3v) is 9.79. The van der Waals surface area contributed by atoms with Crippen LogP contribution >= 0.6 is 0 Å². The molecule has 1 aromatic heterocycles. The SMILES string of the molecule is C1=C=C(C2=CC=C(N(c3ccc(-c4ccccc4)cc3)c3ccc(-c4ccc5c(c4)c4ccccc4n5-c4ccccc4)cc3)CC2)C=CC=1. The quantitative estimate of drug-likeness (QED) is 0.158. The fourth-order valence-electron chi connectivity index (χ4n) is 7.30. The molecule has 0 spiro atoms. The predicted molar refractivity (Wildman–Crippen MR) is 210 cm³/mol. The van der Waals surface area contributed by atoms with Crippen molar-refractivity contribution in [3.8, 4) is 27.9 Å². The summed E-state index contributed by atoms with van der Waals surface area (Å²) in [4.78, 5) is 2.41. The van der Waals surface area contributed by atoms with Gasteiger partial charge in [0.05, 0.1) is 11.0 Å². The number of aromatic nitrogens is 1. The molecule has 50 heavy (non-hydrogen) atoms. The van der Waals surface area contributed by atoms with E-state index < -0.39 is 0 Å². The molecule has 0 amide bonds. The minimum Gasteiger partial charge on any atom is -0.314 e. The molecule has 0 atom stereocenters. The summed E-state index contributed by atoms with van der Waals surface area (Å²) in [5.74, 6) is 0. The van der Waals surface area contributed by atoms with Crippen LogP contribution < -0.4 is 4.90 Å². The molecule has 0 aliphatic heterocycles. The number of allylic oxidation sites excluding steroid dienone is 8. The van der Waals surface area contributed by atoms with Gasteiger partial charge in [-0.2, -0.15) is 0 Å². The molecule has 236 valence electrons. The van der Waals surface area contributed by atoms with Crippen LogP contribution in [0.3, 0.4) is 0 Å². The van der Waals surface area contributed by atoms with Crippen LogP contribution in [0, 0.1) is 0 Å². The summed E-state index contributed by atoms with van der Waals surface area (Å²) in [6, 6.07) is 54.8. The summed E-state index contributed by atoms with van der Waals surface area (Å²) in [6.45, 7) is 0. The number of rotatable bonds is 7. The molecular formula is C48H34N2. The van der Waals surface area contributed by atoms with E-state index in [9.17, 15) is 0 Å². The fourth-order valence-corrected chi connectivity index (χ4v) is 7.30. The molecule has 6 aromatic carbocycles. The first-order valence-corrected chi connectivity index (χ1v) is 17.2. The number of hydrogen-bond donors (Lipinski definition) is 0. The van der Waals surface area contributed by atoms with Gasteiger partial charge in [-0.1, -0.05) is 121 Å². The number of benzene rings is 6. The van der Waals surface area contributed by atoms with Crippen molar-refractivity contribution in [3.05, 3.63) is 210 Å². The van der Waals surface area contributed by atoms with E-state index in [1.54, 1.807) is 0 Å². The molecule has 0 N–H and O–H groups in total. The molecule has 2 heteroatoms. The Morgan fingerprint density at radius 2 is 1.14 bits per heavy atom. The lowest BCUT2D eigenvalue weighted by Gasteiger charge is -2.30. The Kier molecular flexibility index (Phi) is 7.57. The van der Waals surface area contributed by atoms with E-state index in [0.29, 0.717) is 0 Å². The van der Waals surface area contributed by atoms with Gasteiger partial charge in [-0.3, -0.25) is 0 Å². The summed E-state index contributed by atoms with van der Waals surface area (Å²) in [5.41, 5.74) is 20.8. The molecule has 0 saturated heterocycles. The van der Waals surface area contributed by atoms with Crippen LogP contribution in [0.25, 0.3) is 49.7 Å².